The number of hydrogen-bond donors (Lipinski definition) is 1. The van der Waals surface area contributed by atoms with Crippen molar-refractivity contribution in [2.45, 2.75) is 26.5 Å². The molecule has 0 aliphatic heterocycles. The molecule has 0 amide bonds. The predicted molar refractivity (Wildman–Crippen MR) is 75.3 cm³/mol. The molecule has 0 spiro atoms. The number of ether oxygens (including phenoxy) is 1. The fourth-order valence-corrected chi connectivity index (χ4v) is 1.99. The third-order valence-electron chi connectivity index (χ3n) is 2.62. The van der Waals surface area contributed by atoms with Gasteiger partial charge in [-0.05, 0) is 24.6 Å². The molecule has 1 heterocycles. The first kappa shape index (κ1) is 14.3. The fraction of sp³-hybridized carbons (Fsp3) is 0.308. The molecule has 0 aliphatic rings. The predicted octanol–water partition coefficient (Wildman–Crippen LogP) is 2.28. The molecule has 1 aromatic heterocycles. The molecule has 20 heavy (non-hydrogen) atoms. The fourth-order valence-electron chi connectivity index (χ4n) is 1.74. The smallest absolute Gasteiger partial charge is 0.338 e. The largest absolute Gasteiger partial charge is 0.454 e. The van der Waals surface area contributed by atoms with E-state index in [1.807, 2.05) is 6.92 Å². The van der Waals surface area contributed by atoms with Crippen molar-refractivity contribution in [1.29, 1.82) is 0 Å². The topological polar surface area (TPSA) is 83.0 Å². The van der Waals surface area contributed by atoms with E-state index in [0.29, 0.717) is 22.1 Å². The minimum atomic E-state index is -0.495. The summed E-state index contributed by atoms with van der Waals surface area (Å²) in [5.41, 5.74) is 6.36. The van der Waals surface area contributed by atoms with E-state index in [4.69, 9.17) is 22.1 Å². The van der Waals surface area contributed by atoms with E-state index >= 15 is 0 Å². The molecule has 0 fully saturated rings. The summed E-state index contributed by atoms with van der Waals surface area (Å²) in [5.74, 6) is 0.112. The van der Waals surface area contributed by atoms with Crippen molar-refractivity contribution in [3.8, 4) is 0 Å². The van der Waals surface area contributed by atoms with Gasteiger partial charge in [0.1, 0.15) is 6.33 Å². The van der Waals surface area contributed by atoms with Crippen LogP contribution >= 0.6 is 11.6 Å². The Bertz CT molecular complexity index is 592. The van der Waals surface area contributed by atoms with Gasteiger partial charge in [-0.1, -0.05) is 18.5 Å². The maximum atomic E-state index is 11.9. The zero-order chi connectivity index (χ0) is 14.5. The molecule has 0 bridgehead atoms. The Labute approximate surface area is 121 Å². The van der Waals surface area contributed by atoms with Crippen molar-refractivity contribution < 1.29 is 9.53 Å². The lowest BCUT2D eigenvalue weighted by atomic mass is 10.2. The van der Waals surface area contributed by atoms with Crippen LogP contribution in [0.5, 0.6) is 0 Å². The minimum absolute atomic E-state index is 0.0608. The van der Waals surface area contributed by atoms with Crippen LogP contribution in [0.4, 0.5) is 5.69 Å². The van der Waals surface area contributed by atoms with Gasteiger partial charge in [-0.2, -0.15) is 5.10 Å². The summed E-state index contributed by atoms with van der Waals surface area (Å²) in [4.78, 5) is 16.0. The molecule has 6 nitrogen and oxygen atoms in total. The van der Waals surface area contributed by atoms with E-state index in [9.17, 15) is 4.79 Å². The summed E-state index contributed by atoms with van der Waals surface area (Å²) >= 11 is 5.85. The van der Waals surface area contributed by atoms with Gasteiger partial charge >= 0.3 is 5.97 Å². The summed E-state index contributed by atoms with van der Waals surface area (Å²) in [6, 6.07) is 4.60. The Hall–Kier alpha value is -2.08. The number of benzene rings is 1. The summed E-state index contributed by atoms with van der Waals surface area (Å²) in [6.45, 7) is 2.83. The van der Waals surface area contributed by atoms with Crippen LogP contribution in [-0.2, 0) is 17.9 Å². The number of esters is 1. The number of hydrogen-bond acceptors (Lipinski definition) is 5. The average Bonchev–Trinajstić information content (AvgIpc) is 2.83. The van der Waals surface area contributed by atoms with Gasteiger partial charge in [0.15, 0.2) is 12.4 Å². The highest BCUT2D eigenvalue weighted by atomic mass is 35.5. The number of aryl methyl sites for hydroxylation is 1. The second-order valence-corrected chi connectivity index (χ2v) is 4.69. The number of carbonyl (C=O) groups is 1. The summed E-state index contributed by atoms with van der Waals surface area (Å²) < 4.78 is 6.90. The number of carbonyl (C=O) groups excluding carboxylic acids is 1. The van der Waals surface area contributed by atoms with Crippen molar-refractivity contribution in [3.63, 3.8) is 0 Å². The SMILES string of the molecule is CCCn1ncnc1COC(=O)c1cc(N)cc(Cl)c1. The summed E-state index contributed by atoms with van der Waals surface area (Å²) in [6.07, 6.45) is 2.37. The number of halogens is 1. The summed E-state index contributed by atoms with van der Waals surface area (Å²) in [5, 5.41) is 4.45. The standard InChI is InChI=1S/C13H15ClN4O2/c1-2-3-18-12(16-8-17-18)7-20-13(19)9-4-10(14)6-11(15)5-9/h4-6,8H,2-3,7,15H2,1H3. The van der Waals surface area contributed by atoms with Crippen LogP contribution in [0.2, 0.25) is 5.02 Å². The van der Waals surface area contributed by atoms with Crippen molar-refractivity contribution in [2.24, 2.45) is 0 Å². The Kier molecular flexibility index (Phi) is 4.57. The molecule has 0 aliphatic carbocycles. The van der Waals surface area contributed by atoms with Crippen LogP contribution in [0.1, 0.15) is 29.5 Å². The van der Waals surface area contributed by atoms with Gasteiger partial charge in [0.05, 0.1) is 5.56 Å². The van der Waals surface area contributed by atoms with Gasteiger partial charge in [0.2, 0.25) is 0 Å². The molecule has 0 saturated carbocycles. The molecule has 106 valence electrons. The van der Waals surface area contributed by atoms with Gasteiger partial charge < -0.3 is 10.5 Å². The third-order valence-corrected chi connectivity index (χ3v) is 2.84. The van der Waals surface area contributed by atoms with Gasteiger partial charge in [-0.15, -0.1) is 0 Å². The highest BCUT2D eigenvalue weighted by molar-refractivity contribution is 6.31. The molecule has 0 unspecified atom stereocenters. The molecule has 0 saturated heterocycles. The number of anilines is 1. The van der Waals surface area contributed by atoms with Crippen molar-refractivity contribution in [3.05, 3.63) is 40.9 Å². The first-order valence-corrected chi connectivity index (χ1v) is 6.58. The van der Waals surface area contributed by atoms with Crippen molar-refractivity contribution in [1.82, 2.24) is 14.8 Å². The zero-order valence-corrected chi connectivity index (χ0v) is 11.8. The van der Waals surface area contributed by atoms with Crippen LogP contribution in [0.15, 0.2) is 24.5 Å². The van der Waals surface area contributed by atoms with Gasteiger partial charge in [-0.3, -0.25) is 0 Å². The lowest BCUT2D eigenvalue weighted by Crippen LogP contribution is -2.11. The van der Waals surface area contributed by atoms with Crippen LogP contribution in [-0.4, -0.2) is 20.7 Å². The molecule has 0 atom stereocenters. The van der Waals surface area contributed by atoms with Crippen molar-refractivity contribution in [2.75, 3.05) is 5.73 Å². The van der Waals surface area contributed by atoms with Gasteiger partial charge in [0.25, 0.3) is 0 Å². The van der Waals surface area contributed by atoms with E-state index < -0.39 is 5.97 Å². The molecular formula is C13H15ClN4O2. The van der Waals surface area contributed by atoms with Gasteiger partial charge in [-0.25, -0.2) is 14.5 Å². The first-order valence-electron chi connectivity index (χ1n) is 6.20. The van der Waals surface area contributed by atoms with E-state index in [2.05, 4.69) is 10.1 Å². The van der Waals surface area contributed by atoms with E-state index in [1.165, 1.54) is 18.5 Å². The highest BCUT2D eigenvalue weighted by Gasteiger charge is 2.11. The number of nitrogen functional groups attached to an aromatic ring is 1. The Morgan fingerprint density at radius 1 is 1.45 bits per heavy atom. The number of aromatic nitrogens is 3. The molecule has 2 rings (SSSR count). The van der Waals surface area contributed by atoms with Crippen LogP contribution in [0.3, 0.4) is 0 Å². The summed E-state index contributed by atoms with van der Waals surface area (Å²) in [7, 11) is 0. The lowest BCUT2D eigenvalue weighted by Gasteiger charge is -2.07. The monoisotopic (exact) mass is 294 g/mol. The van der Waals surface area contributed by atoms with E-state index in [1.54, 1.807) is 10.7 Å². The van der Waals surface area contributed by atoms with Gasteiger partial charge in [0, 0.05) is 17.3 Å². The molecule has 1 aromatic carbocycles. The third kappa shape index (κ3) is 3.48. The van der Waals surface area contributed by atoms with E-state index in [-0.39, 0.29) is 6.61 Å². The molecule has 2 aromatic rings. The Morgan fingerprint density at radius 3 is 2.95 bits per heavy atom. The minimum Gasteiger partial charge on any atom is -0.454 e. The number of nitrogens with two attached hydrogens (primary N) is 1. The van der Waals surface area contributed by atoms with Crippen LogP contribution in [0.25, 0.3) is 0 Å². The van der Waals surface area contributed by atoms with Crippen LogP contribution < -0.4 is 5.73 Å². The van der Waals surface area contributed by atoms with Crippen LogP contribution in [0, 0.1) is 0 Å². The first-order chi connectivity index (χ1) is 9.60. The average molecular weight is 295 g/mol. The second-order valence-electron chi connectivity index (χ2n) is 4.25. The quantitative estimate of drug-likeness (QED) is 0.675. The second kappa shape index (κ2) is 6.38. The Morgan fingerprint density at radius 2 is 2.25 bits per heavy atom. The van der Waals surface area contributed by atoms with E-state index in [0.717, 1.165) is 13.0 Å². The number of nitrogens with zero attached hydrogens (tertiary/aromatic N) is 3. The number of rotatable bonds is 5. The molecule has 7 heteroatoms. The lowest BCUT2D eigenvalue weighted by molar-refractivity contribution is 0.0456. The maximum Gasteiger partial charge on any atom is 0.338 e. The maximum absolute atomic E-state index is 11.9. The normalized spacial score (nSPS) is 10.5. The molecular weight excluding hydrogens is 280 g/mol. The molecule has 2 N–H and O–H groups in total. The molecule has 0 radical (unpaired) electrons. The Balaban J connectivity index is 2.03. The highest BCUT2D eigenvalue weighted by Crippen LogP contribution is 2.17. The zero-order valence-electron chi connectivity index (χ0n) is 11.0. The van der Waals surface area contributed by atoms with Crippen molar-refractivity contribution >= 4 is 23.3 Å².